The van der Waals surface area contributed by atoms with E-state index in [9.17, 15) is 35.9 Å². The first-order chi connectivity index (χ1) is 11.0. The first-order valence-corrected chi connectivity index (χ1v) is 7.04. The van der Waals surface area contributed by atoms with Crippen LogP contribution < -0.4 is 5.32 Å². The third-order valence-electron chi connectivity index (χ3n) is 3.73. The number of halogens is 6. The third-order valence-corrected chi connectivity index (χ3v) is 3.73. The molecule has 1 amide bonds. The van der Waals surface area contributed by atoms with Gasteiger partial charge in [0.25, 0.3) is 0 Å². The van der Waals surface area contributed by atoms with Crippen LogP contribution in [0, 0.1) is 5.92 Å². The monoisotopic (exact) mass is 353 g/mol. The van der Waals surface area contributed by atoms with E-state index in [-0.39, 0.29) is 30.3 Å². The maximum atomic E-state index is 12.7. The number of ketones is 1. The van der Waals surface area contributed by atoms with E-state index in [1.165, 1.54) is 0 Å². The second kappa shape index (κ2) is 6.45. The van der Waals surface area contributed by atoms with Crippen molar-refractivity contribution >= 4 is 11.7 Å². The van der Waals surface area contributed by atoms with Crippen LogP contribution in [-0.4, -0.2) is 11.7 Å². The molecule has 132 valence electrons. The van der Waals surface area contributed by atoms with E-state index in [0.717, 1.165) is 0 Å². The Labute approximate surface area is 133 Å². The molecule has 1 fully saturated rings. The number of carbonyl (C=O) groups excluding carboxylic acids is 2. The highest BCUT2D eigenvalue weighted by Gasteiger charge is 2.37. The van der Waals surface area contributed by atoms with Crippen molar-refractivity contribution in [2.45, 2.75) is 38.2 Å². The van der Waals surface area contributed by atoms with Gasteiger partial charge < -0.3 is 5.32 Å². The first kappa shape index (κ1) is 18.3. The van der Waals surface area contributed by atoms with E-state index < -0.39 is 41.8 Å². The highest BCUT2D eigenvalue weighted by atomic mass is 19.4. The van der Waals surface area contributed by atoms with Gasteiger partial charge in [-0.05, 0) is 30.2 Å². The second-order valence-electron chi connectivity index (χ2n) is 5.61. The van der Waals surface area contributed by atoms with Crippen LogP contribution in [0.25, 0.3) is 0 Å². The maximum absolute atomic E-state index is 12.7. The smallest absolute Gasteiger partial charge is 0.352 e. The number of rotatable bonds is 3. The summed E-state index contributed by atoms with van der Waals surface area (Å²) in [7, 11) is 0. The van der Waals surface area contributed by atoms with Crippen molar-refractivity contribution in [2.75, 3.05) is 0 Å². The number of nitrogens with one attached hydrogen (secondary N) is 1. The Morgan fingerprint density at radius 2 is 1.58 bits per heavy atom. The minimum absolute atomic E-state index is 0.0287. The van der Waals surface area contributed by atoms with Gasteiger partial charge in [-0.3, -0.25) is 9.59 Å². The summed E-state index contributed by atoms with van der Waals surface area (Å²) in [6.07, 6.45) is -9.24. The number of alkyl halides is 6. The quantitative estimate of drug-likeness (QED) is 0.842. The first-order valence-electron chi connectivity index (χ1n) is 7.04. The van der Waals surface area contributed by atoms with E-state index in [1.807, 2.05) is 0 Å². The summed E-state index contributed by atoms with van der Waals surface area (Å²) in [6, 6.07) is 1.16. The largest absolute Gasteiger partial charge is 0.416 e. The van der Waals surface area contributed by atoms with Crippen LogP contribution in [0.3, 0.4) is 0 Å². The normalized spacial score (nSPS) is 18.8. The van der Waals surface area contributed by atoms with Crippen molar-refractivity contribution in [1.29, 1.82) is 0 Å². The molecular weight excluding hydrogens is 340 g/mol. The van der Waals surface area contributed by atoms with Gasteiger partial charge >= 0.3 is 12.4 Å². The highest BCUT2D eigenvalue weighted by molar-refractivity contribution is 5.90. The zero-order valence-corrected chi connectivity index (χ0v) is 12.2. The van der Waals surface area contributed by atoms with E-state index in [4.69, 9.17) is 0 Å². The molecule has 0 bridgehead atoms. The molecule has 1 aromatic rings. The summed E-state index contributed by atoms with van der Waals surface area (Å²) in [5, 5.41) is 2.29. The van der Waals surface area contributed by atoms with Crippen molar-refractivity contribution < 1.29 is 35.9 Å². The standard InChI is InChI=1S/C15H13F6NO2/c16-14(17,18)10-3-8(4-11(6-10)15(19,20)21)7-22-13(24)9-1-2-12(23)5-9/h3-4,6,9H,1-2,5,7H2,(H,22,24)/t9-/m0/s1. The number of Topliss-reactive ketones (excluding diaryl/α,β-unsaturated/α-hetero) is 1. The Bertz CT molecular complexity index is 618. The number of carbonyl (C=O) groups is 2. The van der Waals surface area contributed by atoms with Gasteiger partial charge in [0, 0.05) is 25.3 Å². The molecule has 0 heterocycles. The van der Waals surface area contributed by atoms with Crippen LogP contribution in [0.2, 0.25) is 0 Å². The van der Waals surface area contributed by atoms with E-state index >= 15 is 0 Å². The van der Waals surface area contributed by atoms with Gasteiger partial charge in [0.05, 0.1) is 11.1 Å². The molecule has 0 aromatic heterocycles. The topological polar surface area (TPSA) is 46.2 Å². The molecule has 1 atom stereocenters. The van der Waals surface area contributed by atoms with E-state index in [2.05, 4.69) is 5.32 Å². The van der Waals surface area contributed by atoms with Gasteiger partial charge in [-0.1, -0.05) is 0 Å². The summed E-state index contributed by atoms with van der Waals surface area (Å²) in [5.74, 6) is -1.22. The van der Waals surface area contributed by atoms with E-state index in [0.29, 0.717) is 18.6 Å². The molecule has 9 heteroatoms. The Kier molecular flexibility index (Phi) is 4.91. The molecular formula is C15H13F6NO2. The van der Waals surface area contributed by atoms with Crippen LogP contribution in [-0.2, 0) is 28.5 Å². The number of benzene rings is 1. The van der Waals surface area contributed by atoms with Crippen molar-refractivity contribution in [1.82, 2.24) is 5.32 Å². The van der Waals surface area contributed by atoms with Crippen molar-refractivity contribution in [2.24, 2.45) is 5.92 Å². The van der Waals surface area contributed by atoms with Crippen LogP contribution in [0.4, 0.5) is 26.3 Å². The molecule has 1 saturated carbocycles. The summed E-state index contributed by atoms with van der Waals surface area (Å²) < 4.78 is 76.4. The van der Waals surface area contributed by atoms with Gasteiger partial charge in [0.15, 0.2) is 0 Å². The Hall–Kier alpha value is -2.06. The molecule has 0 radical (unpaired) electrons. The zero-order valence-electron chi connectivity index (χ0n) is 12.2. The predicted molar refractivity (Wildman–Crippen MR) is 70.6 cm³/mol. The van der Waals surface area contributed by atoms with Crippen LogP contribution in [0.1, 0.15) is 36.0 Å². The van der Waals surface area contributed by atoms with Crippen LogP contribution in [0.5, 0.6) is 0 Å². The average molecular weight is 353 g/mol. The SMILES string of the molecule is O=C1CC[C@H](C(=O)NCc2cc(C(F)(F)F)cc(C(F)(F)F)c2)C1. The number of hydrogen-bond acceptors (Lipinski definition) is 2. The number of hydrogen-bond donors (Lipinski definition) is 1. The second-order valence-corrected chi connectivity index (χ2v) is 5.61. The van der Waals surface area contributed by atoms with Gasteiger partial charge in [0.1, 0.15) is 5.78 Å². The van der Waals surface area contributed by atoms with Gasteiger partial charge in [-0.15, -0.1) is 0 Å². The average Bonchev–Trinajstić information content (AvgIpc) is 2.89. The Balaban J connectivity index is 2.17. The molecule has 1 aliphatic carbocycles. The molecule has 1 aliphatic rings. The maximum Gasteiger partial charge on any atom is 0.416 e. The van der Waals surface area contributed by atoms with Gasteiger partial charge in [0.2, 0.25) is 5.91 Å². The molecule has 24 heavy (non-hydrogen) atoms. The van der Waals surface area contributed by atoms with Crippen molar-refractivity contribution in [3.63, 3.8) is 0 Å². The summed E-state index contributed by atoms with van der Waals surface area (Å²) in [4.78, 5) is 22.9. The lowest BCUT2D eigenvalue weighted by Gasteiger charge is -2.15. The molecule has 2 rings (SSSR count). The van der Waals surface area contributed by atoms with Gasteiger partial charge in [-0.25, -0.2) is 0 Å². The van der Waals surface area contributed by atoms with Crippen LogP contribution in [0.15, 0.2) is 18.2 Å². The van der Waals surface area contributed by atoms with E-state index in [1.54, 1.807) is 0 Å². The minimum atomic E-state index is -4.93. The lowest BCUT2D eigenvalue weighted by molar-refractivity contribution is -0.143. The molecule has 3 nitrogen and oxygen atoms in total. The fourth-order valence-electron chi connectivity index (χ4n) is 2.49. The summed E-state index contributed by atoms with van der Waals surface area (Å²) in [5.41, 5.74) is -3.18. The predicted octanol–water partition coefficient (Wildman–Crippen LogP) is 3.71. The Morgan fingerprint density at radius 3 is 2.00 bits per heavy atom. The van der Waals surface area contributed by atoms with Gasteiger partial charge in [-0.2, -0.15) is 26.3 Å². The molecule has 1 aromatic carbocycles. The lowest BCUT2D eigenvalue weighted by Crippen LogP contribution is -2.29. The van der Waals surface area contributed by atoms with Crippen molar-refractivity contribution in [3.8, 4) is 0 Å². The number of amides is 1. The third kappa shape index (κ3) is 4.48. The summed E-state index contributed by atoms with van der Waals surface area (Å²) in [6.45, 7) is -0.476. The Morgan fingerprint density at radius 1 is 1.04 bits per heavy atom. The molecule has 0 spiro atoms. The minimum Gasteiger partial charge on any atom is -0.352 e. The lowest BCUT2D eigenvalue weighted by atomic mass is 10.0. The fraction of sp³-hybridized carbons (Fsp3) is 0.467. The molecule has 0 aliphatic heterocycles. The highest BCUT2D eigenvalue weighted by Crippen LogP contribution is 2.36. The summed E-state index contributed by atoms with van der Waals surface area (Å²) >= 11 is 0. The molecule has 0 saturated heterocycles. The van der Waals surface area contributed by atoms with Crippen LogP contribution >= 0.6 is 0 Å². The molecule has 1 N–H and O–H groups in total. The molecule has 0 unspecified atom stereocenters. The fourth-order valence-corrected chi connectivity index (χ4v) is 2.49. The zero-order chi connectivity index (χ0) is 18.1. The van der Waals surface area contributed by atoms with Crippen molar-refractivity contribution in [3.05, 3.63) is 34.9 Å².